The Hall–Kier alpha value is -1.68. The standard InChI is InChI=1S/C12H8ClF2NO/c13-8-1-2-9(12(14)15)10(6-8)7-3-4-16-11(17)5-7/h1-6,12H,(H,16,17). The minimum atomic E-state index is -2.61. The number of H-pyrrole nitrogens is 1. The van der Waals surface area contributed by atoms with Crippen molar-refractivity contribution < 1.29 is 8.78 Å². The van der Waals surface area contributed by atoms with E-state index in [4.69, 9.17) is 11.6 Å². The van der Waals surface area contributed by atoms with Gasteiger partial charge in [0.05, 0.1) is 0 Å². The van der Waals surface area contributed by atoms with Gasteiger partial charge in [0.2, 0.25) is 5.56 Å². The zero-order chi connectivity index (χ0) is 12.4. The molecule has 1 aromatic carbocycles. The van der Waals surface area contributed by atoms with E-state index in [9.17, 15) is 13.6 Å². The van der Waals surface area contributed by atoms with Crippen molar-refractivity contribution in [2.45, 2.75) is 6.43 Å². The van der Waals surface area contributed by atoms with E-state index in [1.165, 1.54) is 30.5 Å². The molecule has 1 N–H and O–H groups in total. The normalized spacial score (nSPS) is 10.8. The summed E-state index contributed by atoms with van der Waals surface area (Å²) in [6, 6.07) is 6.91. The van der Waals surface area contributed by atoms with Crippen LogP contribution in [0.3, 0.4) is 0 Å². The highest BCUT2D eigenvalue weighted by Crippen LogP contribution is 2.32. The van der Waals surface area contributed by atoms with Gasteiger partial charge >= 0.3 is 0 Å². The van der Waals surface area contributed by atoms with Crippen LogP contribution in [0.25, 0.3) is 11.1 Å². The van der Waals surface area contributed by atoms with Crippen LogP contribution in [-0.2, 0) is 0 Å². The molecule has 17 heavy (non-hydrogen) atoms. The van der Waals surface area contributed by atoms with Gasteiger partial charge in [0, 0.05) is 22.8 Å². The van der Waals surface area contributed by atoms with E-state index in [-0.39, 0.29) is 16.7 Å². The molecule has 0 bridgehead atoms. The Bertz CT molecular complexity index is 595. The first-order valence-corrected chi connectivity index (χ1v) is 5.22. The number of aromatic amines is 1. The number of rotatable bonds is 2. The van der Waals surface area contributed by atoms with E-state index >= 15 is 0 Å². The molecule has 0 aliphatic heterocycles. The van der Waals surface area contributed by atoms with Crippen molar-refractivity contribution in [3.8, 4) is 11.1 Å². The average Bonchev–Trinajstić information content (AvgIpc) is 2.28. The second kappa shape index (κ2) is 4.67. The highest BCUT2D eigenvalue weighted by molar-refractivity contribution is 6.30. The van der Waals surface area contributed by atoms with Gasteiger partial charge in [0.25, 0.3) is 6.43 Å². The van der Waals surface area contributed by atoms with Crippen LogP contribution in [-0.4, -0.2) is 4.98 Å². The van der Waals surface area contributed by atoms with Gasteiger partial charge in [0.15, 0.2) is 0 Å². The second-order valence-electron chi connectivity index (χ2n) is 3.47. The number of pyridine rings is 1. The molecule has 0 atom stereocenters. The van der Waals surface area contributed by atoms with Gasteiger partial charge in [-0.3, -0.25) is 4.79 Å². The van der Waals surface area contributed by atoms with E-state index in [2.05, 4.69) is 4.98 Å². The van der Waals surface area contributed by atoms with E-state index in [1.807, 2.05) is 0 Å². The molecule has 1 heterocycles. The van der Waals surface area contributed by atoms with Gasteiger partial charge in [0.1, 0.15) is 0 Å². The van der Waals surface area contributed by atoms with Gasteiger partial charge in [-0.15, -0.1) is 0 Å². The van der Waals surface area contributed by atoms with Gasteiger partial charge in [-0.2, -0.15) is 0 Å². The van der Waals surface area contributed by atoms with Crippen LogP contribution in [0.5, 0.6) is 0 Å². The fraction of sp³-hybridized carbons (Fsp3) is 0.0833. The number of hydrogen-bond acceptors (Lipinski definition) is 1. The number of nitrogens with one attached hydrogen (secondary N) is 1. The van der Waals surface area contributed by atoms with Gasteiger partial charge in [-0.25, -0.2) is 8.78 Å². The van der Waals surface area contributed by atoms with Crippen molar-refractivity contribution in [2.24, 2.45) is 0 Å². The summed E-state index contributed by atoms with van der Waals surface area (Å²) in [5.74, 6) is 0. The maximum atomic E-state index is 12.8. The molecule has 5 heteroatoms. The van der Waals surface area contributed by atoms with Crippen molar-refractivity contribution >= 4 is 11.6 Å². The fourth-order valence-corrected chi connectivity index (χ4v) is 1.75. The SMILES string of the molecule is O=c1cc(-c2cc(Cl)ccc2C(F)F)cc[nH]1. The van der Waals surface area contributed by atoms with Crippen LogP contribution in [0.15, 0.2) is 41.3 Å². The molecule has 0 fully saturated rings. The minimum Gasteiger partial charge on any atom is -0.329 e. The van der Waals surface area contributed by atoms with E-state index < -0.39 is 6.43 Å². The maximum Gasteiger partial charge on any atom is 0.264 e. The van der Waals surface area contributed by atoms with Crippen molar-refractivity contribution in [3.63, 3.8) is 0 Å². The quantitative estimate of drug-likeness (QED) is 0.873. The van der Waals surface area contributed by atoms with Crippen molar-refractivity contribution in [2.75, 3.05) is 0 Å². The summed E-state index contributed by atoms with van der Waals surface area (Å²) >= 11 is 5.78. The van der Waals surface area contributed by atoms with Crippen LogP contribution in [0.1, 0.15) is 12.0 Å². The smallest absolute Gasteiger partial charge is 0.264 e. The van der Waals surface area contributed by atoms with Crippen LogP contribution in [0, 0.1) is 0 Å². The molecule has 2 rings (SSSR count). The third kappa shape index (κ3) is 2.53. The average molecular weight is 256 g/mol. The summed E-state index contributed by atoms with van der Waals surface area (Å²) in [5, 5.41) is 0.352. The maximum absolute atomic E-state index is 12.8. The van der Waals surface area contributed by atoms with Crippen LogP contribution < -0.4 is 5.56 Å². The van der Waals surface area contributed by atoms with Gasteiger partial charge in [-0.1, -0.05) is 17.7 Å². The number of benzene rings is 1. The highest BCUT2D eigenvalue weighted by atomic mass is 35.5. The largest absolute Gasteiger partial charge is 0.329 e. The Morgan fingerprint density at radius 2 is 1.94 bits per heavy atom. The lowest BCUT2D eigenvalue weighted by atomic mass is 10.0. The summed E-state index contributed by atoms with van der Waals surface area (Å²) in [5.41, 5.74) is 0.216. The third-order valence-corrected chi connectivity index (χ3v) is 2.57. The molecule has 0 saturated heterocycles. The fourth-order valence-electron chi connectivity index (χ4n) is 1.58. The summed E-state index contributed by atoms with van der Waals surface area (Å²) in [4.78, 5) is 13.6. The lowest BCUT2D eigenvalue weighted by Crippen LogP contribution is -2.03. The molecule has 0 saturated carbocycles. The van der Waals surface area contributed by atoms with Crippen molar-refractivity contribution in [1.82, 2.24) is 4.98 Å². The van der Waals surface area contributed by atoms with Crippen LogP contribution >= 0.6 is 11.6 Å². The molecule has 0 aliphatic rings. The molecule has 2 nitrogen and oxygen atoms in total. The summed E-state index contributed by atoms with van der Waals surface area (Å²) < 4.78 is 25.6. The van der Waals surface area contributed by atoms with E-state index in [0.29, 0.717) is 10.6 Å². The molecular weight excluding hydrogens is 248 g/mol. The molecule has 2 aromatic rings. The van der Waals surface area contributed by atoms with Gasteiger partial charge < -0.3 is 4.98 Å². The first kappa shape index (κ1) is 11.8. The number of alkyl halides is 2. The molecule has 0 aliphatic carbocycles. The van der Waals surface area contributed by atoms with Gasteiger partial charge in [-0.05, 0) is 29.3 Å². The molecule has 0 spiro atoms. The molecular formula is C12H8ClF2NO. The summed E-state index contributed by atoms with van der Waals surface area (Å²) in [6.07, 6.45) is -1.20. The molecule has 88 valence electrons. The van der Waals surface area contributed by atoms with Crippen LogP contribution in [0.4, 0.5) is 8.78 Å². The molecule has 1 aromatic heterocycles. The molecule has 0 amide bonds. The monoisotopic (exact) mass is 255 g/mol. The first-order chi connectivity index (χ1) is 8.08. The lowest BCUT2D eigenvalue weighted by molar-refractivity contribution is 0.152. The Kier molecular flexibility index (Phi) is 3.24. The zero-order valence-corrected chi connectivity index (χ0v) is 9.34. The second-order valence-corrected chi connectivity index (χ2v) is 3.91. The predicted molar refractivity (Wildman–Crippen MR) is 62.5 cm³/mol. The number of halogens is 3. The number of aromatic nitrogens is 1. The van der Waals surface area contributed by atoms with Crippen LogP contribution in [0.2, 0.25) is 5.02 Å². The Labute approximate surface area is 101 Å². The lowest BCUT2D eigenvalue weighted by Gasteiger charge is -2.09. The van der Waals surface area contributed by atoms with E-state index in [0.717, 1.165) is 0 Å². The Morgan fingerprint density at radius 3 is 2.59 bits per heavy atom. The zero-order valence-electron chi connectivity index (χ0n) is 8.58. The summed E-state index contributed by atoms with van der Waals surface area (Å²) in [6.45, 7) is 0. The first-order valence-electron chi connectivity index (χ1n) is 4.84. The minimum absolute atomic E-state index is 0.139. The van der Waals surface area contributed by atoms with Crippen molar-refractivity contribution in [1.29, 1.82) is 0 Å². The van der Waals surface area contributed by atoms with E-state index in [1.54, 1.807) is 6.07 Å². The molecule has 0 radical (unpaired) electrons. The predicted octanol–water partition coefficient (Wildman–Crippen LogP) is 3.63. The highest BCUT2D eigenvalue weighted by Gasteiger charge is 2.14. The molecule has 0 unspecified atom stereocenters. The Balaban J connectivity index is 2.65. The number of hydrogen-bond donors (Lipinski definition) is 1. The topological polar surface area (TPSA) is 32.9 Å². The summed E-state index contributed by atoms with van der Waals surface area (Å²) in [7, 11) is 0. The third-order valence-electron chi connectivity index (χ3n) is 2.34. The Morgan fingerprint density at radius 1 is 1.18 bits per heavy atom. The van der Waals surface area contributed by atoms with Crippen molar-refractivity contribution in [3.05, 3.63) is 57.5 Å².